The molecule has 1 unspecified atom stereocenters. The fourth-order valence-corrected chi connectivity index (χ4v) is 3.21. The molecule has 1 amide bonds. The Balaban J connectivity index is 0.00000243. The second-order valence-electron chi connectivity index (χ2n) is 5.74. The summed E-state index contributed by atoms with van der Waals surface area (Å²) in [6.07, 6.45) is 3.81. The molecule has 1 atom stereocenters. The van der Waals surface area contributed by atoms with E-state index in [1.165, 1.54) is 0 Å². The third-order valence-electron chi connectivity index (χ3n) is 4.12. The molecule has 0 radical (unpaired) electrons. The highest BCUT2D eigenvalue weighted by Gasteiger charge is 2.27. The number of carbonyl (C=O) groups is 1. The lowest BCUT2D eigenvalue weighted by Gasteiger charge is -2.36. The predicted molar refractivity (Wildman–Crippen MR) is 105 cm³/mol. The summed E-state index contributed by atoms with van der Waals surface area (Å²) in [5, 5.41) is 4.13. The van der Waals surface area contributed by atoms with Gasteiger partial charge in [0.2, 0.25) is 5.91 Å². The summed E-state index contributed by atoms with van der Waals surface area (Å²) in [4.78, 5) is 18.7. The first-order valence-corrected chi connectivity index (χ1v) is 8.89. The highest BCUT2D eigenvalue weighted by atomic mass is 35.5. The van der Waals surface area contributed by atoms with Crippen LogP contribution in [0.25, 0.3) is 0 Å². The molecule has 0 bridgehead atoms. The smallest absolute Gasteiger partial charge is 0.226 e. The van der Waals surface area contributed by atoms with Gasteiger partial charge in [0.1, 0.15) is 10.8 Å². The van der Waals surface area contributed by atoms with Crippen molar-refractivity contribution in [2.75, 3.05) is 26.2 Å². The molecule has 5 nitrogen and oxygen atoms in total. The van der Waals surface area contributed by atoms with E-state index in [1.807, 2.05) is 17.0 Å². The maximum absolute atomic E-state index is 12.7. The summed E-state index contributed by atoms with van der Waals surface area (Å²) in [5.41, 5.74) is 1.03. The van der Waals surface area contributed by atoms with Gasteiger partial charge in [0.15, 0.2) is 0 Å². The topological polar surface area (TPSA) is 54.5 Å². The highest BCUT2D eigenvalue weighted by Crippen LogP contribution is 2.31. The number of amides is 1. The van der Waals surface area contributed by atoms with Crippen LogP contribution in [0, 0.1) is 0 Å². The quantitative estimate of drug-likeness (QED) is 0.806. The van der Waals surface area contributed by atoms with E-state index in [2.05, 4.69) is 10.3 Å². The van der Waals surface area contributed by atoms with Crippen molar-refractivity contribution in [1.82, 2.24) is 15.2 Å². The largest absolute Gasteiger partial charge is 0.491 e. The van der Waals surface area contributed by atoms with E-state index in [-0.39, 0.29) is 37.4 Å². The third kappa shape index (κ3) is 5.01. The van der Waals surface area contributed by atoms with Crippen LogP contribution in [0.5, 0.6) is 5.75 Å². The standard InChI is InChI=1S/C18H19Cl2N3O2.ClH/c19-14-4-1-5-16(18(14)20)25-10-6-17(24)23-9-8-22-12-15(23)13-3-2-7-21-11-13;/h1-5,7,11,15,22H,6,8-10,12H2;1H. The fourth-order valence-electron chi connectivity index (χ4n) is 2.86. The molecule has 26 heavy (non-hydrogen) atoms. The molecular formula is C18H20Cl3N3O2. The van der Waals surface area contributed by atoms with E-state index in [4.69, 9.17) is 27.9 Å². The van der Waals surface area contributed by atoms with Gasteiger partial charge in [-0.1, -0.05) is 35.3 Å². The van der Waals surface area contributed by atoms with Gasteiger partial charge in [0, 0.05) is 32.0 Å². The molecule has 1 saturated heterocycles. The van der Waals surface area contributed by atoms with Crippen molar-refractivity contribution in [1.29, 1.82) is 0 Å². The van der Waals surface area contributed by atoms with Gasteiger partial charge >= 0.3 is 0 Å². The lowest BCUT2D eigenvalue weighted by molar-refractivity contribution is -0.135. The minimum absolute atomic E-state index is 0. The van der Waals surface area contributed by atoms with E-state index in [0.29, 0.717) is 22.3 Å². The van der Waals surface area contributed by atoms with Crippen LogP contribution in [-0.2, 0) is 4.79 Å². The predicted octanol–water partition coefficient (Wildman–Crippen LogP) is 3.75. The average Bonchev–Trinajstić information content (AvgIpc) is 2.66. The van der Waals surface area contributed by atoms with Gasteiger partial charge < -0.3 is 15.0 Å². The lowest BCUT2D eigenvalue weighted by Crippen LogP contribution is -2.49. The first-order chi connectivity index (χ1) is 12.2. The van der Waals surface area contributed by atoms with E-state index >= 15 is 0 Å². The number of benzene rings is 1. The maximum atomic E-state index is 12.7. The Kier molecular flexibility index (Phi) is 7.97. The van der Waals surface area contributed by atoms with Gasteiger partial charge in [-0.25, -0.2) is 0 Å². The van der Waals surface area contributed by atoms with E-state index in [1.54, 1.807) is 30.6 Å². The first kappa shape index (κ1) is 20.8. The second-order valence-corrected chi connectivity index (χ2v) is 6.53. The van der Waals surface area contributed by atoms with Crippen molar-refractivity contribution in [3.8, 4) is 5.75 Å². The lowest BCUT2D eigenvalue weighted by atomic mass is 10.0. The second kappa shape index (κ2) is 9.97. The minimum atomic E-state index is -0.00953. The molecule has 3 rings (SSSR count). The number of nitrogens with zero attached hydrogens (tertiary/aromatic N) is 2. The zero-order valence-electron chi connectivity index (χ0n) is 14.0. The van der Waals surface area contributed by atoms with Crippen molar-refractivity contribution >= 4 is 41.5 Å². The van der Waals surface area contributed by atoms with Crippen LogP contribution >= 0.6 is 35.6 Å². The molecule has 0 aliphatic carbocycles. The molecule has 0 spiro atoms. The summed E-state index contributed by atoms with van der Waals surface area (Å²) in [6, 6.07) is 9.07. The van der Waals surface area contributed by atoms with Gasteiger partial charge in [-0.2, -0.15) is 0 Å². The number of carbonyl (C=O) groups excluding carboxylic acids is 1. The number of ether oxygens (including phenoxy) is 1. The fraction of sp³-hybridized carbons (Fsp3) is 0.333. The molecule has 1 aromatic carbocycles. The van der Waals surface area contributed by atoms with Gasteiger partial charge in [-0.15, -0.1) is 12.4 Å². The summed E-state index contributed by atoms with van der Waals surface area (Å²) < 4.78 is 5.63. The Morgan fingerprint density at radius 2 is 2.15 bits per heavy atom. The van der Waals surface area contributed by atoms with Crippen LogP contribution < -0.4 is 10.1 Å². The number of pyridine rings is 1. The molecule has 1 aliphatic rings. The van der Waals surface area contributed by atoms with Crippen LogP contribution in [0.2, 0.25) is 10.0 Å². The van der Waals surface area contributed by atoms with Crippen molar-refractivity contribution in [3.63, 3.8) is 0 Å². The molecule has 2 heterocycles. The summed E-state index contributed by atoms with van der Waals surface area (Å²) >= 11 is 12.1. The van der Waals surface area contributed by atoms with Gasteiger partial charge in [-0.3, -0.25) is 9.78 Å². The SMILES string of the molecule is Cl.O=C(CCOc1cccc(Cl)c1Cl)N1CCNCC1c1cccnc1. The van der Waals surface area contributed by atoms with E-state index in [9.17, 15) is 4.79 Å². The van der Waals surface area contributed by atoms with Crippen molar-refractivity contribution in [3.05, 3.63) is 58.3 Å². The number of hydrogen-bond acceptors (Lipinski definition) is 4. The first-order valence-electron chi connectivity index (χ1n) is 8.13. The summed E-state index contributed by atoms with van der Waals surface area (Å²) in [6.45, 7) is 2.42. The van der Waals surface area contributed by atoms with Gasteiger partial charge in [0.05, 0.1) is 24.1 Å². The highest BCUT2D eigenvalue weighted by molar-refractivity contribution is 6.42. The Labute approximate surface area is 169 Å². The van der Waals surface area contributed by atoms with Gasteiger partial charge in [-0.05, 0) is 23.8 Å². The number of aromatic nitrogens is 1. The molecule has 1 aromatic heterocycles. The number of rotatable bonds is 5. The summed E-state index contributed by atoms with van der Waals surface area (Å²) in [5.74, 6) is 0.541. The van der Waals surface area contributed by atoms with Crippen molar-refractivity contribution < 1.29 is 9.53 Å². The number of halogens is 3. The van der Waals surface area contributed by atoms with E-state index in [0.717, 1.165) is 18.7 Å². The van der Waals surface area contributed by atoms with Crippen molar-refractivity contribution in [2.24, 2.45) is 0 Å². The molecule has 140 valence electrons. The molecule has 8 heteroatoms. The molecule has 2 aromatic rings. The molecular weight excluding hydrogens is 397 g/mol. The maximum Gasteiger partial charge on any atom is 0.226 e. The minimum Gasteiger partial charge on any atom is -0.491 e. The van der Waals surface area contributed by atoms with Gasteiger partial charge in [0.25, 0.3) is 0 Å². The third-order valence-corrected chi connectivity index (χ3v) is 4.92. The number of piperazine rings is 1. The summed E-state index contributed by atoms with van der Waals surface area (Å²) in [7, 11) is 0. The van der Waals surface area contributed by atoms with Crippen LogP contribution in [0.4, 0.5) is 0 Å². The zero-order valence-corrected chi connectivity index (χ0v) is 16.4. The molecule has 1 N–H and O–H groups in total. The normalized spacial score (nSPS) is 16.7. The monoisotopic (exact) mass is 415 g/mol. The molecule has 1 aliphatic heterocycles. The number of hydrogen-bond donors (Lipinski definition) is 1. The number of nitrogens with one attached hydrogen (secondary N) is 1. The zero-order chi connectivity index (χ0) is 17.6. The average molecular weight is 417 g/mol. The molecule has 0 saturated carbocycles. The Morgan fingerprint density at radius 3 is 2.92 bits per heavy atom. The molecule has 1 fully saturated rings. The van der Waals surface area contributed by atoms with Crippen LogP contribution in [0.1, 0.15) is 18.0 Å². The van der Waals surface area contributed by atoms with Crippen molar-refractivity contribution in [2.45, 2.75) is 12.5 Å². The Bertz CT molecular complexity index is 731. The van der Waals surface area contributed by atoms with Crippen LogP contribution in [-0.4, -0.2) is 42.0 Å². The Hall–Kier alpha value is -1.53. The van der Waals surface area contributed by atoms with Crippen LogP contribution in [0.15, 0.2) is 42.7 Å². The van der Waals surface area contributed by atoms with Crippen LogP contribution in [0.3, 0.4) is 0 Å². The Morgan fingerprint density at radius 1 is 1.31 bits per heavy atom. The van der Waals surface area contributed by atoms with E-state index < -0.39 is 0 Å².